The van der Waals surface area contributed by atoms with Crippen molar-refractivity contribution in [3.05, 3.63) is 66.0 Å². The molecule has 4 heteroatoms. The fourth-order valence-electron chi connectivity index (χ4n) is 1.87. The maximum Gasteiger partial charge on any atom is 0.173 e. The number of hydrogen-bond donors (Lipinski definition) is 1. The minimum atomic E-state index is -0.252. The van der Waals surface area contributed by atoms with Crippen LogP contribution in [0.4, 0.5) is 10.1 Å². The Labute approximate surface area is 124 Å². The lowest BCUT2D eigenvalue weighted by molar-refractivity contribution is 0.442. The van der Waals surface area contributed by atoms with E-state index < -0.39 is 0 Å². The van der Waals surface area contributed by atoms with Crippen LogP contribution in [0, 0.1) is 5.82 Å². The average Bonchev–Trinajstić information content (AvgIpc) is 2.48. The molecule has 20 heavy (non-hydrogen) atoms. The van der Waals surface area contributed by atoms with Crippen LogP contribution < -0.4 is 5.32 Å². The molecule has 104 valence electrons. The first-order chi connectivity index (χ1) is 9.69. The van der Waals surface area contributed by atoms with E-state index in [0.717, 1.165) is 18.8 Å². The zero-order valence-corrected chi connectivity index (χ0v) is 12.2. The summed E-state index contributed by atoms with van der Waals surface area (Å²) in [6.07, 6.45) is 0. The van der Waals surface area contributed by atoms with Gasteiger partial charge in [-0.05, 0) is 49.0 Å². The average molecular weight is 288 g/mol. The summed E-state index contributed by atoms with van der Waals surface area (Å²) in [6, 6.07) is 16.4. The van der Waals surface area contributed by atoms with Gasteiger partial charge in [-0.1, -0.05) is 30.3 Å². The number of nitrogens with one attached hydrogen (secondary N) is 1. The van der Waals surface area contributed by atoms with Crippen molar-refractivity contribution in [3.8, 4) is 0 Å². The van der Waals surface area contributed by atoms with Crippen molar-refractivity contribution in [2.24, 2.45) is 0 Å². The highest BCUT2D eigenvalue weighted by molar-refractivity contribution is 7.80. The van der Waals surface area contributed by atoms with Gasteiger partial charge in [0.1, 0.15) is 5.82 Å². The first-order valence-electron chi connectivity index (χ1n) is 6.54. The zero-order chi connectivity index (χ0) is 14.4. The lowest BCUT2D eigenvalue weighted by Gasteiger charge is -2.24. The molecule has 0 radical (unpaired) electrons. The summed E-state index contributed by atoms with van der Waals surface area (Å²) >= 11 is 5.41. The van der Waals surface area contributed by atoms with Gasteiger partial charge in [0.15, 0.2) is 5.11 Å². The van der Waals surface area contributed by atoms with Crippen LogP contribution >= 0.6 is 12.2 Å². The molecular weight excluding hydrogens is 271 g/mol. The lowest BCUT2D eigenvalue weighted by atomic mass is 10.2. The van der Waals surface area contributed by atoms with Crippen LogP contribution in [0.15, 0.2) is 54.6 Å². The minimum absolute atomic E-state index is 0.252. The Morgan fingerprint density at radius 1 is 1.10 bits per heavy atom. The molecule has 2 rings (SSSR count). The normalized spacial score (nSPS) is 10.1. The molecule has 2 nitrogen and oxygen atoms in total. The Hall–Kier alpha value is -1.94. The maximum absolute atomic E-state index is 12.9. The number of benzene rings is 2. The second-order valence-corrected chi connectivity index (χ2v) is 4.82. The molecule has 0 saturated heterocycles. The third-order valence-corrected chi connectivity index (χ3v) is 3.34. The SMILES string of the molecule is CCN(Cc1ccccc1)C(=S)Nc1ccc(F)cc1. The van der Waals surface area contributed by atoms with Crippen molar-refractivity contribution < 1.29 is 4.39 Å². The lowest BCUT2D eigenvalue weighted by Crippen LogP contribution is -2.34. The second-order valence-electron chi connectivity index (χ2n) is 4.44. The van der Waals surface area contributed by atoms with Gasteiger partial charge in [-0.25, -0.2) is 4.39 Å². The first kappa shape index (κ1) is 14.5. The van der Waals surface area contributed by atoms with Gasteiger partial charge in [0.05, 0.1) is 0 Å². The summed E-state index contributed by atoms with van der Waals surface area (Å²) in [6.45, 7) is 3.62. The highest BCUT2D eigenvalue weighted by Crippen LogP contribution is 2.11. The Morgan fingerprint density at radius 2 is 1.75 bits per heavy atom. The van der Waals surface area contributed by atoms with E-state index in [4.69, 9.17) is 12.2 Å². The molecule has 0 unspecified atom stereocenters. The summed E-state index contributed by atoms with van der Waals surface area (Å²) in [7, 11) is 0. The largest absolute Gasteiger partial charge is 0.345 e. The summed E-state index contributed by atoms with van der Waals surface area (Å²) in [5, 5.41) is 3.77. The molecule has 0 aliphatic heterocycles. The molecule has 1 N–H and O–H groups in total. The van der Waals surface area contributed by atoms with Crippen molar-refractivity contribution in [3.63, 3.8) is 0 Å². The van der Waals surface area contributed by atoms with E-state index in [9.17, 15) is 4.39 Å². The molecule has 0 amide bonds. The van der Waals surface area contributed by atoms with Crippen LogP contribution in [-0.2, 0) is 6.54 Å². The molecule has 0 spiro atoms. The predicted molar refractivity (Wildman–Crippen MR) is 85.1 cm³/mol. The van der Waals surface area contributed by atoms with Crippen molar-refractivity contribution in [1.29, 1.82) is 0 Å². The highest BCUT2D eigenvalue weighted by atomic mass is 32.1. The Balaban J connectivity index is 2.00. The quantitative estimate of drug-likeness (QED) is 0.855. The molecule has 0 heterocycles. The maximum atomic E-state index is 12.9. The monoisotopic (exact) mass is 288 g/mol. The third-order valence-electron chi connectivity index (χ3n) is 2.98. The number of rotatable bonds is 4. The van der Waals surface area contributed by atoms with Crippen LogP contribution in [0.1, 0.15) is 12.5 Å². The zero-order valence-electron chi connectivity index (χ0n) is 11.3. The molecular formula is C16H17FN2S. The van der Waals surface area contributed by atoms with E-state index in [-0.39, 0.29) is 5.82 Å². The van der Waals surface area contributed by atoms with Crippen molar-refractivity contribution in [2.45, 2.75) is 13.5 Å². The van der Waals surface area contributed by atoms with E-state index in [1.807, 2.05) is 18.2 Å². The van der Waals surface area contributed by atoms with E-state index >= 15 is 0 Å². The minimum Gasteiger partial charge on any atom is -0.345 e. The van der Waals surface area contributed by atoms with E-state index in [1.165, 1.54) is 17.7 Å². The van der Waals surface area contributed by atoms with Crippen LogP contribution in [0.25, 0.3) is 0 Å². The van der Waals surface area contributed by atoms with Gasteiger partial charge >= 0.3 is 0 Å². The van der Waals surface area contributed by atoms with Crippen LogP contribution in [0.5, 0.6) is 0 Å². The fraction of sp³-hybridized carbons (Fsp3) is 0.188. The van der Waals surface area contributed by atoms with Crippen molar-refractivity contribution >= 4 is 23.0 Å². The topological polar surface area (TPSA) is 15.3 Å². The van der Waals surface area contributed by atoms with Gasteiger partial charge in [0.25, 0.3) is 0 Å². The number of nitrogens with zero attached hydrogens (tertiary/aromatic N) is 1. The van der Waals surface area contributed by atoms with E-state index in [0.29, 0.717) is 5.11 Å². The molecule has 0 aliphatic rings. The summed E-state index contributed by atoms with van der Waals surface area (Å²) in [5.41, 5.74) is 2.00. The van der Waals surface area contributed by atoms with Crippen molar-refractivity contribution in [1.82, 2.24) is 4.90 Å². The number of hydrogen-bond acceptors (Lipinski definition) is 1. The van der Waals surface area contributed by atoms with Gasteiger partial charge in [0.2, 0.25) is 0 Å². The van der Waals surface area contributed by atoms with E-state index in [1.54, 1.807) is 12.1 Å². The van der Waals surface area contributed by atoms with Crippen LogP contribution in [0.2, 0.25) is 0 Å². The Kier molecular flexibility index (Phi) is 5.07. The van der Waals surface area contributed by atoms with Gasteiger partial charge < -0.3 is 10.2 Å². The smallest absolute Gasteiger partial charge is 0.173 e. The molecule has 0 fully saturated rings. The first-order valence-corrected chi connectivity index (χ1v) is 6.95. The van der Waals surface area contributed by atoms with Crippen LogP contribution in [0.3, 0.4) is 0 Å². The van der Waals surface area contributed by atoms with Gasteiger partial charge in [-0.2, -0.15) is 0 Å². The standard InChI is InChI=1S/C16H17FN2S/c1-2-19(12-13-6-4-3-5-7-13)16(20)18-15-10-8-14(17)9-11-15/h3-11H,2,12H2,1H3,(H,18,20). The molecule has 0 atom stereocenters. The molecule has 0 saturated carbocycles. The van der Waals surface area contributed by atoms with Gasteiger partial charge in [-0.3, -0.25) is 0 Å². The molecule has 0 aromatic heterocycles. The summed E-state index contributed by atoms with van der Waals surface area (Å²) < 4.78 is 12.9. The van der Waals surface area contributed by atoms with Gasteiger partial charge in [-0.15, -0.1) is 0 Å². The number of anilines is 1. The number of thiocarbonyl (C=S) groups is 1. The number of halogens is 1. The Morgan fingerprint density at radius 3 is 2.35 bits per heavy atom. The summed E-state index contributed by atoms with van der Waals surface area (Å²) in [5.74, 6) is -0.252. The fourth-order valence-corrected chi connectivity index (χ4v) is 2.18. The molecule has 0 bridgehead atoms. The Bertz CT molecular complexity index is 554. The van der Waals surface area contributed by atoms with Crippen molar-refractivity contribution in [2.75, 3.05) is 11.9 Å². The molecule has 0 aliphatic carbocycles. The molecule has 2 aromatic rings. The second kappa shape index (κ2) is 7.01. The highest BCUT2D eigenvalue weighted by Gasteiger charge is 2.08. The van der Waals surface area contributed by atoms with Crippen LogP contribution in [-0.4, -0.2) is 16.6 Å². The third kappa shape index (κ3) is 4.03. The van der Waals surface area contributed by atoms with Gasteiger partial charge in [0, 0.05) is 18.8 Å². The summed E-state index contributed by atoms with van der Waals surface area (Å²) in [4.78, 5) is 2.06. The predicted octanol–water partition coefficient (Wildman–Crippen LogP) is 4.04. The van der Waals surface area contributed by atoms with E-state index in [2.05, 4.69) is 29.3 Å². The molecule has 2 aromatic carbocycles.